The fraction of sp³-hybridized carbons (Fsp3) is 0.500. The van der Waals surface area contributed by atoms with Gasteiger partial charge in [-0.3, -0.25) is 0 Å². The molecule has 0 spiro atoms. The van der Waals surface area contributed by atoms with E-state index in [4.69, 9.17) is 0 Å². The maximum absolute atomic E-state index is 10.3. The summed E-state index contributed by atoms with van der Waals surface area (Å²) in [6, 6.07) is 0. The molecule has 1 saturated heterocycles. The molecule has 0 aliphatic carbocycles. The van der Waals surface area contributed by atoms with Gasteiger partial charge >= 0.3 is 6.16 Å². The van der Waals surface area contributed by atoms with Crippen molar-refractivity contribution >= 4 is 6.16 Å². The van der Waals surface area contributed by atoms with Crippen LogP contribution in [-0.2, 0) is 9.47 Å². The maximum Gasteiger partial charge on any atom is 0.508 e. The number of carbonyl (C=O) groups excluding carboxylic acids is 1. The monoisotopic (exact) mass is 128 g/mol. The summed E-state index contributed by atoms with van der Waals surface area (Å²) >= 11 is 0. The van der Waals surface area contributed by atoms with Gasteiger partial charge in [-0.25, -0.2) is 4.79 Å². The van der Waals surface area contributed by atoms with Crippen LogP contribution in [0, 0.1) is 0 Å². The average molecular weight is 128 g/mol. The molecule has 0 radical (unpaired) electrons. The van der Waals surface area contributed by atoms with Gasteiger partial charge in [0.1, 0.15) is 6.10 Å². The van der Waals surface area contributed by atoms with Crippen molar-refractivity contribution < 1.29 is 14.3 Å². The predicted molar refractivity (Wildman–Crippen MR) is 31.0 cm³/mol. The van der Waals surface area contributed by atoms with E-state index in [1.165, 1.54) is 0 Å². The minimum atomic E-state index is -0.592. The third-order valence-electron chi connectivity index (χ3n) is 1.13. The van der Waals surface area contributed by atoms with E-state index < -0.39 is 6.16 Å². The van der Waals surface area contributed by atoms with Crippen LogP contribution in [-0.4, -0.2) is 18.9 Å². The third-order valence-corrected chi connectivity index (χ3v) is 1.13. The molecule has 3 nitrogen and oxygen atoms in total. The Morgan fingerprint density at radius 1 is 1.78 bits per heavy atom. The molecule has 0 bridgehead atoms. The third kappa shape index (κ3) is 1.45. The highest BCUT2D eigenvalue weighted by molar-refractivity contribution is 5.60. The molecule has 0 aromatic carbocycles. The summed E-state index contributed by atoms with van der Waals surface area (Å²) in [4.78, 5) is 10.3. The van der Waals surface area contributed by atoms with Crippen LogP contribution in [0.5, 0.6) is 0 Å². The van der Waals surface area contributed by atoms with Gasteiger partial charge in [0.25, 0.3) is 0 Å². The minimum Gasteiger partial charge on any atom is -0.434 e. The van der Waals surface area contributed by atoms with Gasteiger partial charge in [0, 0.05) is 6.42 Å². The summed E-state index contributed by atoms with van der Waals surface area (Å²) in [5.74, 6) is 0. The normalized spacial score (nSPS) is 26.2. The van der Waals surface area contributed by atoms with Crippen molar-refractivity contribution in [3.63, 3.8) is 0 Å². The Kier molecular flexibility index (Phi) is 1.72. The number of hydrogen-bond acceptors (Lipinski definition) is 3. The molecule has 3 heteroatoms. The molecule has 9 heavy (non-hydrogen) atoms. The summed E-state index contributed by atoms with van der Waals surface area (Å²) in [5, 5.41) is 0. The minimum absolute atomic E-state index is 0.147. The van der Waals surface area contributed by atoms with Gasteiger partial charge < -0.3 is 9.47 Å². The fourth-order valence-corrected chi connectivity index (χ4v) is 0.641. The number of ether oxygens (including phenoxy) is 2. The highest BCUT2D eigenvalue weighted by atomic mass is 16.7. The second-order valence-corrected chi connectivity index (χ2v) is 1.78. The number of carbonyl (C=O) groups is 1. The van der Waals surface area contributed by atoms with Gasteiger partial charge in [-0.05, 0) is 0 Å². The molecule has 0 aromatic heterocycles. The summed E-state index contributed by atoms with van der Waals surface area (Å²) < 4.78 is 9.16. The lowest BCUT2D eigenvalue weighted by atomic mass is 10.2. The van der Waals surface area contributed by atoms with Crippen molar-refractivity contribution in [1.29, 1.82) is 0 Å². The lowest BCUT2D eigenvalue weighted by Gasteiger charge is -2.18. The van der Waals surface area contributed by atoms with E-state index in [0.717, 1.165) is 6.42 Å². The molecule has 1 atom stereocenters. The van der Waals surface area contributed by atoms with Crippen molar-refractivity contribution in [3.8, 4) is 0 Å². The first-order valence-electron chi connectivity index (χ1n) is 2.79. The standard InChI is InChI=1S/C6H8O3/c1-2-5-3-4-8-6(7)9-5/h2,5H,1,3-4H2. The first kappa shape index (κ1) is 6.13. The Morgan fingerprint density at radius 2 is 2.56 bits per heavy atom. The first-order chi connectivity index (χ1) is 4.33. The molecule has 1 aliphatic heterocycles. The average Bonchev–Trinajstić information content (AvgIpc) is 1.88. The van der Waals surface area contributed by atoms with Crippen LogP contribution in [0.4, 0.5) is 4.79 Å². The number of cyclic esters (lactones) is 2. The molecule has 1 aliphatic rings. The zero-order chi connectivity index (χ0) is 6.69. The van der Waals surface area contributed by atoms with E-state index in [1.54, 1.807) is 6.08 Å². The largest absolute Gasteiger partial charge is 0.508 e. The van der Waals surface area contributed by atoms with Crippen LogP contribution in [0.3, 0.4) is 0 Å². The highest BCUT2D eigenvalue weighted by Gasteiger charge is 2.17. The predicted octanol–water partition coefficient (Wildman–Crippen LogP) is 1.10. The van der Waals surface area contributed by atoms with Gasteiger partial charge in [-0.15, -0.1) is 0 Å². The van der Waals surface area contributed by atoms with E-state index in [0.29, 0.717) is 6.61 Å². The van der Waals surface area contributed by atoms with Gasteiger partial charge in [0.15, 0.2) is 0 Å². The topological polar surface area (TPSA) is 35.5 Å². The summed E-state index contributed by atoms with van der Waals surface area (Å²) in [6.45, 7) is 3.93. The molecule has 0 aromatic rings. The van der Waals surface area contributed by atoms with Crippen LogP contribution in [0.25, 0.3) is 0 Å². The summed E-state index contributed by atoms with van der Waals surface area (Å²) in [6.07, 6.45) is 1.58. The van der Waals surface area contributed by atoms with E-state index in [1.807, 2.05) is 0 Å². The highest BCUT2D eigenvalue weighted by Crippen LogP contribution is 2.07. The maximum atomic E-state index is 10.3. The molecule has 1 fully saturated rings. The van der Waals surface area contributed by atoms with Crippen molar-refractivity contribution in [2.24, 2.45) is 0 Å². The van der Waals surface area contributed by atoms with Crippen molar-refractivity contribution in [2.45, 2.75) is 12.5 Å². The fourth-order valence-electron chi connectivity index (χ4n) is 0.641. The Balaban J connectivity index is 2.40. The summed E-state index contributed by atoms with van der Waals surface area (Å²) in [7, 11) is 0. The lowest BCUT2D eigenvalue weighted by molar-refractivity contribution is -0.00552. The smallest absolute Gasteiger partial charge is 0.434 e. The van der Waals surface area contributed by atoms with Crippen molar-refractivity contribution in [2.75, 3.05) is 6.61 Å². The van der Waals surface area contributed by atoms with Crippen LogP contribution in [0.15, 0.2) is 12.7 Å². The van der Waals surface area contributed by atoms with E-state index in [-0.39, 0.29) is 6.10 Å². The Labute approximate surface area is 53.3 Å². The second kappa shape index (κ2) is 2.53. The Hall–Kier alpha value is -0.990. The van der Waals surface area contributed by atoms with Crippen LogP contribution in [0.1, 0.15) is 6.42 Å². The summed E-state index contributed by atoms with van der Waals surface area (Å²) in [5.41, 5.74) is 0. The Bertz CT molecular complexity index is 130. The van der Waals surface area contributed by atoms with E-state index in [2.05, 4.69) is 16.1 Å². The van der Waals surface area contributed by atoms with Gasteiger partial charge in [0.2, 0.25) is 0 Å². The molecule has 1 unspecified atom stereocenters. The zero-order valence-corrected chi connectivity index (χ0v) is 5.00. The van der Waals surface area contributed by atoms with Crippen molar-refractivity contribution in [3.05, 3.63) is 12.7 Å². The SMILES string of the molecule is C=CC1CCOC(=O)O1. The van der Waals surface area contributed by atoms with Crippen LogP contribution in [0.2, 0.25) is 0 Å². The van der Waals surface area contributed by atoms with E-state index >= 15 is 0 Å². The van der Waals surface area contributed by atoms with E-state index in [9.17, 15) is 4.79 Å². The second-order valence-electron chi connectivity index (χ2n) is 1.78. The lowest BCUT2D eigenvalue weighted by Crippen LogP contribution is -2.25. The molecule has 1 heterocycles. The molecule has 0 N–H and O–H groups in total. The first-order valence-corrected chi connectivity index (χ1v) is 2.79. The molecular formula is C6H8O3. The quantitative estimate of drug-likeness (QED) is 0.392. The Morgan fingerprint density at radius 3 is 3.00 bits per heavy atom. The van der Waals surface area contributed by atoms with Crippen molar-refractivity contribution in [1.82, 2.24) is 0 Å². The molecule has 0 saturated carbocycles. The molecule has 0 amide bonds. The van der Waals surface area contributed by atoms with Crippen LogP contribution >= 0.6 is 0 Å². The molecule has 50 valence electrons. The molecule has 1 rings (SSSR count). The van der Waals surface area contributed by atoms with Crippen LogP contribution < -0.4 is 0 Å². The zero-order valence-electron chi connectivity index (χ0n) is 5.00. The molecular weight excluding hydrogens is 120 g/mol. The van der Waals surface area contributed by atoms with Gasteiger partial charge in [-0.2, -0.15) is 0 Å². The van der Waals surface area contributed by atoms with Gasteiger partial charge in [-0.1, -0.05) is 12.7 Å². The van der Waals surface area contributed by atoms with Gasteiger partial charge in [0.05, 0.1) is 6.61 Å². The number of rotatable bonds is 1. The number of hydrogen-bond donors (Lipinski definition) is 0.